The summed E-state index contributed by atoms with van der Waals surface area (Å²) in [6, 6.07) is 5.82. The van der Waals surface area contributed by atoms with Crippen molar-refractivity contribution >= 4 is 23.2 Å². The number of esters is 1. The Hall–Kier alpha value is -2.57. The number of carbonyl (C=O) groups excluding carboxylic acids is 1. The van der Waals surface area contributed by atoms with E-state index in [2.05, 4.69) is 10.6 Å². The van der Waals surface area contributed by atoms with Crippen LogP contribution in [0.2, 0.25) is 0 Å². The fourth-order valence-corrected chi connectivity index (χ4v) is 1.71. The Morgan fingerprint density at radius 3 is 2.70 bits per heavy atom. The summed E-state index contributed by atoms with van der Waals surface area (Å²) in [5, 5.41) is 11.7. The highest BCUT2D eigenvalue weighted by Gasteiger charge is 2.36. The molecule has 0 amide bonds. The molecule has 0 fully saturated rings. The number of hydrogen-bond acceptors (Lipinski definition) is 5. The predicted octanol–water partition coefficient (Wildman–Crippen LogP) is 1.06. The van der Waals surface area contributed by atoms with Gasteiger partial charge in [-0.3, -0.25) is 0 Å². The van der Waals surface area contributed by atoms with Crippen LogP contribution >= 0.6 is 0 Å². The second kappa shape index (κ2) is 5.60. The molecule has 1 heterocycles. The Balaban J connectivity index is 2.27. The Morgan fingerprint density at radius 2 is 2.10 bits per heavy atom. The maximum atomic E-state index is 12.9. The summed E-state index contributed by atoms with van der Waals surface area (Å²) in [6.07, 6.45) is 0. The fourth-order valence-electron chi connectivity index (χ4n) is 1.71. The van der Waals surface area contributed by atoms with E-state index >= 15 is 0 Å². The van der Waals surface area contributed by atoms with Gasteiger partial charge in [0.1, 0.15) is 11.5 Å². The second-order valence-corrected chi connectivity index (χ2v) is 4.06. The number of hydrazone groups is 2. The van der Waals surface area contributed by atoms with Crippen LogP contribution in [0.5, 0.6) is 0 Å². The lowest BCUT2D eigenvalue weighted by atomic mass is 10.1. The molecule has 1 aliphatic heterocycles. The molecular formula is C13H14FN4O2+. The fraction of sp³-hybridized carbons (Fsp3) is 0.231. The number of hydrazine groups is 1. The van der Waals surface area contributed by atoms with Crippen molar-refractivity contribution < 1.29 is 18.6 Å². The van der Waals surface area contributed by atoms with Crippen LogP contribution in [0.3, 0.4) is 0 Å². The predicted molar refractivity (Wildman–Crippen MR) is 71.4 cm³/mol. The van der Waals surface area contributed by atoms with E-state index in [0.29, 0.717) is 11.3 Å². The molecule has 20 heavy (non-hydrogen) atoms. The number of rotatable bonds is 3. The monoisotopic (exact) mass is 277 g/mol. The molecule has 0 aromatic heterocycles. The standard InChI is InChI=1S/C13H13FN4O2/c1-3-20-13(19)11-12(15)18(17-16-11)8(2)9-4-6-10(14)7-5-9/h4-7H,3H2,1-2H3,(H-,15,17,19)/p+1/b18-8-. The van der Waals surface area contributed by atoms with Crippen LogP contribution in [0.1, 0.15) is 19.4 Å². The lowest BCUT2D eigenvalue weighted by Crippen LogP contribution is -2.34. The van der Waals surface area contributed by atoms with E-state index in [1.54, 1.807) is 26.0 Å². The number of amidine groups is 1. The zero-order valence-electron chi connectivity index (χ0n) is 11.1. The molecule has 0 spiro atoms. The zero-order chi connectivity index (χ0) is 14.7. The molecule has 6 nitrogen and oxygen atoms in total. The number of carbonyl (C=O) groups is 1. The number of hydrogen-bond donors (Lipinski definition) is 2. The third-order valence-electron chi connectivity index (χ3n) is 2.78. The highest BCUT2D eigenvalue weighted by atomic mass is 19.1. The molecule has 0 atom stereocenters. The van der Waals surface area contributed by atoms with Crippen molar-refractivity contribution in [2.24, 2.45) is 5.10 Å². The quantitative estimate of drug-likeness (QED) is 0.640. The lowest BCUT2D eigenvalue weighted by Gasteiger charge is -2.04. The molecule has 0 saturated heterocycles. The molecule has 2 N–H and O–H groups in total. The molecule has 0 aliphatic carbocycles. The molecule has 2 rings (SSSR count). The maximum Gasteiger partial charge on any atom is 0.383 e. The maximum absolute atomic E-state index is 12.9. The van der Waals surface area contributed by atoms with E-state index in [1.807, 2.05) is 0 Å². The second-order valence-electron chi connectivity index (χ2n) is 4.06. The molecule has 0 saturated carbocycles. The van der Waals surface area contributed by atoms with Gasteiger partial charge in [0.05, 0.1) is 6.61 Å². The van der Waals surface area contributed by atoms with Gasteiger partial charge in [0.15, 0.2) is 0 Å². The molecule has 7 heteroatoms. The third kappa shape index (κ3) is 2.56. The number of ether oxygens (including phenoxy) is 1. The number of halogens is 1. The lowest BCUT2D eigenvalue weighted by molar-refractivity contribution is -0.469. The van der Waals surface area contributed by atoms with E-state index < -0.39 is 5.97 Å². The summed E-state index contributed by atoms with van der Waals surface area (Å²) in [5.74, 6) is -1.10. The normalized spacial score (nSPS) is 16.6. The average Bonchev–Trinajstić information content (AvgIpc) is 2.81. The van der Waals surface area contributed by atoms with Gasteiger partial charge in [0.25, 0.3) is 0 Å². The first-order valence-corrected chi connectivity index (χ1v) is 6.03. The van der Waals surface area contributed by atoms with Crippen molar-refractivity contribution in [1.82, 2.24) is 5.53 Å². The van der Waals surface area contributed by atoms with Crippen molar-refractivity contribution in [1.29, 1.82) is 5.41 Å². The largest absolute Gasteiger partial charge is 0.460 e. The Bertz CT molecular complexity index is 620. The van der Waals surface area contributed by atoms with Gasteiger partial charge >= 0.3 is 17.5 Å². The summed E-state index contributed by atoms with van der Waals surface area (Å²) in [6.45, 7) is 3.63. The van der Waals surface area contributed by atoms with E-state index in [0.717, 1.165) is 0 Å². The third-order valence-corrected chi connectivity index (χ3v) is 2.78. The summed E-state index contributed by atoms with van der Waals surface area (Å²) in [5.41, 5.74) is 3.82. The van der Waals surface area contributed by atoms with Gasteiger partial charge in [-0.05, 0) is 43.2 Å². The van der Waals surface area contributed by atoms with Gasteiger partial charge in [-0.2, -0.15) is 5.41 Å². The van der Waals surface area contributed by atoms with Gasteiger partial charge in [-0.1, -0.05) is 0 Å². The average molecular weight is 277 g/mol. The minimum absolute atomic E-state index is 0.0895. The molecule has 0 radical (unpaired) electrons. The van der Waals surface area contributed by atoms with Crippen molar-refractivity contribution in [2.45, 2.75) is 13.8 Å². The van der Waals surface area contributed by atoms with Crippen molar-refractivity contribution in [2.75, 3.05) is 6.61 Å². The Morgan fingerprint density at radius 1 is 1.45 bits per heavy atom. The summed E-state index contributed by atoms with van der Waals surface area (Å²) in [7, 11) is 0. The minimum Gasteiger partial charge on any atom is -0.460 e. The van der Waals surface area contributed by atoms with E-state index in [-0.39, 0.29) is 24.0 Å². The van der Waals surface area contributed by atoms with E-state index in [1.165, 1.54) is 16.8 Å². The minimum atomic E-state index is -0.653. The van der Waals surface area contributed by atoms with Crippen LogP contribution in [0.4, 0.5) is 4.39 Å². The van der Waals surface area contributed by atoms with Crippen LogP contribution in [0.15, 0.2) is 29.4 Å². The van der Waals surface area contributed by atoms with E-state index in [9.17, 15) is 9.18 Å². The van der Waals surface area contributed by atoms with Crippen molar-refractivity contribution in [3.8, 4) is 0 Å². The smallest absolute Gasteiger partial charge is 0.383 e. The summed E-state index contributed by atoms with van der Waals surface area (Å²) < 4.78 is 19.0. The Labute approximate surface area is 115 Å². The first-order valence-electron chi connectivity index (χ1n) is 6.03. The van der Waals surface area contributed by atoms with Gasteiger partial charge in [-0.15, -0.1) is 10.2 Å². The van der Waals surface area contributed by atoms with Crippen LogP contribution < -0.4 is 5.53 Å². The highest BCUT2D eigenvalue weighted by molar-refractivity contribution is 6.63. The van der Waals surface area contributed by atoms with Crippen molar-refractivity contribution in [3.63, 3.8) is 0 Å². The number of benzene rings is 1. The van der Waals surface area contributed by atoms with Gasteiger partial charge in [0.2, 0.25) is 0 Å². The Kier molecular flexibility index (Phi) is 3.88. The van der Waals surface area contributed by atoms with Crippen LogP contribution in [-0.4, -0.2) is 34.5 Å². The van der Waals surface area contributed by atoms with Gasteiger partial charge in [-0.25, -0.2) is 9.18 Å². The molecule has 104 valence electrons. The summed E-state index contributed by atoms with van der Waals surface area (Å²) >= 11 is 0. The van der Waals surface area contributed by atoms with Crippen LogP contribution in [0, 0.1) is 11.2 Å². The van der Waals surface area contributed by atoms with Crippen LogP contribution in [0.25, 0.3) is 0 Å². The number of nitrogens with zero attached hydrogens (tertiary/aromatic N) is 2. The molecular weight excluding hydrogens is 263 g/mol. The summed E-state index contributed by atoms with van der Waals surface area (Å²) in [4.78, 5) is 11.6. The van der Waals surface area contributed by atoms with Crippen molar-refractivity contribution in [3.05, 3.63) is 35.6 Å². The molecule has 0 unspecified atom stereocenters. The SMILES string of the molecule is CCOC(=O)C1=NN/[N+](=C(/C)c2ccc(F)cc2)C1=N. The van der Waals surface area contributed by atoms with Gasteiger partial charge in [0, 0.05) is 5.56 Å². The zero-order valence-corrected chi connectivity index (χ0v) is 11.1. The first-order chi connectivity index (χ1) is 9.54. The first kappa shape index (κ1) is 13.9. The highest BCUT2D eigenvalue weighted by Crippen LogP contribution is 2.06. The molecule has 1 aromatic rings. The van der Waals surface area contributed by atoms with Crippen LogP contribution in [-0.2, 0) is 9.53 Å². The molecule has 0 bridgehead atoms. The van der Waals surface area contributed by atoms with E-state index in [4.69, 9.17) is 10.1 Å². The molecule has 1 aliphatic rings. The number of nitrogens with one attached hydrogen (secondary N) is 2. The topological polar surface area (TPSA) is 77.5 Å². The molecule has 1 aromatic carbocycles. The van der Waals surface area contributed by atoms with Gasteiger partial charge < -0.3 is 4.74 Å².